The summed E-state index contributed by atoms with van der Waals surface area (Å²) in [5.74, 6) is 0.236. The van der Waals surface area contributed by atoms with Crippen LogP contribution in [-0.2, 0) is 9.59 Å². The van der Waals surface area contributed by atoms with Crippen molar-refractivity contribution < 1.29 is 19.1 Å². The third-order valence-electron chi connectivity index (χ3n) is 5.82. The summed E-state index contributed by atoms with van der Waals surface area (Å²) >= 11 is 5.83. The topological polar surface area (TPSA) is 63.7 Å². The molecule has 0 N–H and O–H groups in total. The summed E-state index contributed by atoms with van der Waals surface area (Å²) in [6, 6.07) is 13.4. The Kier molecular flexibility index (Phi) is 5.41. The largest absolute Gasteiger partial charge is 0.485 e. The molecule has 4 rings (SSSR count). The van der Waals surface area contributed by atoms with Gasteiger partial charge in [-0.3, -0.25) is 19.3 Å². The number of ether oxygens (including phenoxy) is 1. The molecular weight excluding hydrogens is 390 g/mol. The van der Waals surface area contributed by atoms with E-state index in [1.807, 2.05) is 0 Å². The minimum atomic E-state index is -0.195. The van der Waals surface area contributed by atoms with Crippen molar-refractivity contribution in [2.45, 2.75) is 26.2 Å². The summed E-state index contributed by atoms with van der Waals surface area (Å²) in [5, 5.41) is 0.568. The Bertz CT molecular complexity index is 938. The van der Waals surface area contributed by atoms with E-state index in [9.17, 15) is 14.4 Å². The van der Waals surface area contributed by atoms with Crippen molar-refractivity contribution in [1.82, 2.24) is 0 Å². The molecular formula is C23H22ClNO4. The highest BCUT2D eigenvalue weighted by atomic mass is 35.5. The van der Waals surface area contributed by atoms with Gasteiger partial charge in [0.15, 0.2) is 12.4 Å². The number of imide groups is 1. The molecule has 2 aliphatic rings. The van der Waals surface area contributed by atoms with Crippen molar-refractivity contribution in [3.8, 4) is 5.75 Å². The van der Waals surface area contributed by atoms with Gasteiger partial charge in [-0.1, -0.05) is 18.5 Å². The molecule has 1 heterocycles. The van der Waals surface area contributed by atoms with Crippen LogP contribution in [0, 0.1) is 17.8 Å². The Morgan fingerprint density at radius 2 is 1.66 bits per heavy atom. The van der Waals surface area contributed by atoms with Crippen LogP contribution in [0.25, 0.3) is 0 Å². The molecule has 1 saturated carbocycles. The van der Waals surface area contributed by atoms with E-state index in [-0.39, 0.29) is 36.0 Å². The third kappa shape index (κ3) is 3.92. The van der Waals surface area contributed by atoms with Gasteiger partial charge in [0.2, 0.25) is 11.8 Å². The van der Waals surface area contributed by atoms with Gasteiger partial charge in [-0.15, -0.1) is 0 Å². The van der Waals surface area contributed by atoms with Crippen molar-refractivity contribution in [2.75, 3.05) is 11.5 Å². The fourth-order valence-electron chi connectivity index (χ4n) is 4.20. The molecule has 2 amide bonds. The SMILES string of the molecule is CC1CCC2C(=O)N(c3ccc(OCC(=O)c4ccc(Cl)cc4)cc3)C(=O)C2C1. The number of Topliss-reactive ketones (excluding diaryl/α,β-unsaturated/α-hetero) is 1. The molecule has 3 unspecified atom stereocenters. The molecule has 0 bridgehead atoms. The summed E-state index contributed by atoms with van der Waals surface area (Å²) in [6.45, 7) is 2.03. The zero-order chi connectivity index (χ0) is 20.5. The molecule has 1 aliphatic heterocycles. The van der Waals surface area contributed by atoms with Gasteiger partial charge in [0.25, 0.3) is 0 Å². The smallest absolute Gasteiger partial charge is 0.237 e. The highest BCUT2D eigenvalue weighted by molar-refractivity contribution is 6.30. The number of rotatable bonds is 5. The van der Waals surface area contributed by atoms with E-state index >= 15 is 0 Å². The second-order valence-electron chi connectivity index (χ2n) is 7.86. The van der Waals surface area contributed by atoms with E-state index < -0.39 is 0 Å². The highest BCUT2D eigenvalue weighted by Crippen LogP contribution is 2.42. The minimum absolute atomic E-state index is 0.0986. The minimum Gasteiger partial charge on any atom is -0.485 e. The molecule has 2 aromatic carbocycles. The first kappa shape index (κ1) is 19.6. The molecule has 0 aromatic heterocycles. The number of halogens is 1. The number of nitrogens with zero attached hydrogens (tertiary/aromatic N) is 1. The monoisotopic (exact) mass is 411 g/mol. The van der Waals surface area contributed by atoms with Crippen LogP contribution in [0.2, 0.25) is 5.02 Å². The number of ketones is 1. The standard InChI is InChI=1S/C23H22ClNO4/c1-14-2-11-19-20(12-14)23(28)25(22(19)27)17-7-9-18(10-8-17)29-13-21(26)15-3-5-16(24)6-4-15/h3-10,14,19-20H,2,11-13H2,1H3. The first-order valence-corrected chi connectivity index (χ1v) is 10.2. The number of fused-ring (bicyclic) bond motifs is 1. The van der Waals surface area contributed by atoms with Crippen LogP contribution in [-0.4, -0.2) is 24.2 Å². The number of hydrogen-bond acceptors (Lipinski definition) is 4. The van der Waals surface area contributed by atoms with Gasteiger partial charge in [0.05, 0.1) is 17.5 Å². The van der Waals surface area contributed by atoms with Crippen LogP contribution in [0.3, 0.4) is 0 Å². The number of anilines is 1. The average Bonchev–Trinajstić information content (AvgIpc) is 2.97. The summed E-state index contributed by atoms with van der Waals surface area (Å²) in [4.78, 5) is 39.1. The molecule has 5 nitrogen and oxygen atoms in total. The van der Waals surface area contributed by atoms with Crippen LogP contribution in [0.5, 0.6) is 5.75 Å². The van der Waals surface area contributed by atoms with Crippen molar-refractivity contribution in [3.05, 3.63) is 59.1 Å². The number of hydrogen-bond donors (Lipinski definition) is 0. The molecule has 3 atom stereocenters. The number of carbonyl (C=O) groups is 3. The average molecular weight is 412 g/mol. The number of amides is 2. The molecule has 29 heavy (non-hydrogen) atoms. The number of benzene rings is 2. The van der Waals surface area contributed by atoms with Crippen molar-refractivity contribution in [3.63, 3.8) is 0 Å². The molecule has 6 heteroatoms. The molecule has 2 aromatic rings. The first-order valence-electron chi connectivity index (χ1n) is 9.83. The van der Waals surface area contributed by atoms with E-state index in [4.69, 9.17) is 16.3 Å². The predicted molar refractivity (Wildman–Crippen MR) is 110 cm³/mol. The molecule has 0 spiro atoms. The Labute approximate surface area is 174 Å². The van der Waals surface area contributed by atoms with E-state index in [0.29, 0.717) is 27.9 Å². The summed E-state index contributed by atoms with van der Waals surface area (Å²) in [7, 11) is 0. The lowest BCUT2D eigenvalue weighted by Gasteiger charge is -2.25. The predicted octanol–water partition coefficient (Wildman–Crippen LogP) is 4.53. The maximum atomic E-state index is 12.8. The van der Waals surface area contributed by atoms with Crippen molar-refractivity contribution >= 4 is 34.9 Å². The Morgan fingerprint density at radius 3 is 2.34 bits per heavy atom. The molecule has 1 aliphatic carbocycles. The van der Waals surface area contributed by atoms with Crippen LogP contribution < -0.4 is 9.64 Å². The van der Waals surface area contributed by atoms with Gasteiger partial charge in [0, 0.05) is 10.6 Å². The molecule has 1 saturated heterocycles. The fourth-order valence-corrected chi connectivity index (χ4v) is 4.33. The lowest BCUT2D eigenvalue weighted by molar-refractivity contribution is -0.122. The fraction of sp³-hybridized carbons (Fsp3) is 0.348. The van der Waals surface area contributed by atoms with E-state index in [0.717, 1.165) is 19.3 Å². The maximum absolute atomic E-state index is 12.8. The Morgan fingerprint density at radius 1 is 1.00 bits per heavy atom. The summed E-state index contributed by atoms with van der Waals surface area (Å²) in [5.41, 5.74) is 1.08. The van der Waals surface area contributed by atoms with Gasteiger partial charge in [-0.25, -0.2) is 0 Å². The number of carbonyl (C=O) groups excluding carboxylic acids is 3. The van der Waals surface area contributed by atoms with E-state index in [2.05, 4.69) is 6.92 Å². The third-order valence-corrected chi connectivity index (χ3v) is 6.07. The van der Waals surface area contributed by atoms with E-state index in [1.165, 1.54) is 4.90 Å². The zero-order valence-corrected chi connectivity index (χ0v) is 16.9. The zero-order valence-electron chi connectivity index (χ0n) is 16.1. The normalized spacial score (nSPS) is 23.8. The Hall–Kier alpha value is -2.66. The van der Waals surface area contributed by atoms with Gasteiger partial charge >= 0.3 is 0 Å². The van der Waals surface area contributed by atoms with Crippen molar-refractivity contribution in [2.24, 2.45) is 17.8 Å². The Balaban J connectivity index is 1.41. The van der Waals surface area contributed by atoms with Gasteiger partial charge in [-0.2, -0.15) is 0 Å². The van der Waals surface area contributed by atoms with E-state index in [1.54, 1.807) is 48.5 Å². The van der Waals surface area contributed by atoms with Gasteiger partial charge < -0.3 is 4.74 Å². The molecule has 0 radical (unpaired) electrons. The van der Waals surface area contributed by atoms with Crippen LogP contribution in [0.1, 0.15) is 36.5 Å². The van der Waals surface area contributed by atoms with Gasteiger partial charge in [-0.05, 0) is 73.7 Å². The highest BCUT2D eigenvalue weighted by Gasteiger charge is 2.49. The second kappa shape index (κ2) is 7.99. The van der Waals surface area contributed by atoms with Crippen molar-refractivity contribution in [1.29, 1.82) is 0 Å². The quantitative estimate of drug-likeness (QED) is 0.535. The lowest BCUT2D eigenvalue weighted by Crippen LogP contribution is -2.30. The molecule has 150 valence electrons. The van der Waals surface area contributed by atoms with Crippen LogP contribution in [0.15, 0.2) is 48.5 Å². The van der Waals surface area contributed by atoms with Gasteiger partial charge in [0.1, 0.15) is 5.75 Å². The maximum Gasteiger partial charge on any atom is 0.237 e. The lowest BCUT2D eigenvalue weighted by atomic mass is 9.76. The molecule has 2 fully saturated rings. The van der Waals surface area contributed by atoms with Crippen LogP contribution in [0.4, 0.5) is 5.69 Å². The first-order chi connectivity index (χ1) is 13.9. The van der Waals surface area contributed by atoms with Crippen LogP contribution >= 0.6 is 11.6 Å². The summed E-state index contributed by atoms with van der Waals surface area (Å²) in [6.07, 6.45) is 2.54. The second-order valence-corrected chi connectivity index (χ2v) is 8.29. The summed E-state index contributed by atoms with van der Waals surface area (Å²) < 4.78 is 5.56.